The van der Waals surface area contributed by atoms with Gasteiger partial charge in [0.1, 0.15) is 5.75 Å². The molecule has 1 rings (SSSR count). The van der Waals surface area contributed by atoms with E-state index in [0.29, 0.717) is 12.6 Å². The zero-order chi connectivity index (χ0) is 12.0. The van der Waals surface area contributed by atoms with Crippen molar-refractivity contribution in [3.05, 3.63) is 29.8 Å². The van der Waals surface area contributed by atoms with E-state index in [0.717, 1.165) is 11.3 Å². The van der Waals surface area contributed by atoms with Gasteiger partial charge in [-0.2, -0.15) is 0 Å². The minimum absolute atomic E-state index is 0.168. The first-order chi connectivity index (χ1) is 7.69. The largest absolute Gasteiger partial charge is 0.496 e. The van der Waals surface area contributed by atoms with Crippen LogP contribution in [-0.2, 0) is 4.74 Å². The lowest BCUT2D eigenvalue weighted by Gasteiger charge is -2.22. The Morgan fingerprint density at radius 1 is 1.19 bits per heavy atom. The Morgan fingerprint density at radius 2 is 1.88 bits per heavy atom. The summed E-state index contributed by atoms with van der Waals surface area (Å²) >= 11 is 0. The number of ether oxygens (including phenoxy) is 2. The molecule has 0 amide bonds. The first-order valence-electron chi connectivity index (χ1n) is 5.57. The van der Waals surface area contributed by atoms with Crippen LogP contribution >= 0.6 is 0 Å². The second-order valence-electron chi connectivity index (χ2n) is 4.07. The zero-order valence-corrected chi connectivity index (χ0v) is 10.5. The van der Waals surface area contributed by atoms with Gasteiger partial charge < -0.3 is 14.8 Å². The second kappa shape index (κ2) is 6.51. The van der Waals surface area contributed by atoms with Gasteiger partial charge in [-0.1, -0.05) is 32.0 Å². The van der Waals surface area contributed by atoms with Crippen molar-refractivity contribution in [1.82, 2.24) is 5.32 Å². The first kappa shape index (κ1) is 13.0. The van der Waals surface area contributed by atoms with Gasteiger partial charge in [0, 0.05) is 18.7 Å². The highest BCUT2D eigenvalue weighted by Gasteiger charge is 2.15. The maximum absolute atomic E-state index is 5.36. The van der Waals surface area contributed by atoms with Gasteiger partial charge in [-0.3, -0.25) is 0 Å². The van der Waals surface area contributed by atoms with Crippen LogP contribution in [0.2, 0.25) is 0 Å². The SMILES string of the molecule is COCC(NC(C)C)c1ccccc1OC. The molecule has 3 nitrogen and oxygen atoms in total. The molecule has 0 bridgehead atoms. The van der Waals surface area contributed by atoms with Crippen LogP contribution in [0.1, 0.15) is 25.5 Å². The van der Waals surface area contributed by atoms with Crippen LogP contribution in [0.15, 0.2) is 24.3 Å². The summed E-state index contributed by atoms with van der Waals surface area (Å²) in [6.45, 7) is 4.88. The molecule has 90 valence electrons. The Balaban J connectivity index is 2.90. The van der Waals surface area contributed by atoms with Crippen LogP contribution in [0, 0.1) is 0 Å². The van der Waals surface area contributed by atoms with Crippen LogP contribution in [0.5, 0.6) is 5.75 Å². The monoisotopic (exact) mass is 223 g/mol. The Hall–Kier alpha value is -1.06. The van der Waals surface area contributed by atoms with Crippen molar-refractivity contribution in [2.45, 2.75) is 25.9 Å². The molecule has 0 fully saturated rings. The number of rotatable bonds is 6. The number of methoxy groups -OCH3 is 2. The van der Waals surface area contributed by atoms with E-state index in [1.54, 1.807) is 14.2 Å². The number of para-hydroxylation sites is 1. The van der Waals surface area contributed by atoms with E-state index in [-0.39, 0.29) is 6.04 Å². The number of nitrogens with one attached hydrogen (secondary N) is 1. The lowest BCUT2D eigenvalue weighted by molar-refractivity contribution is 0.161. The van der Waals surface area contributed by atoms with E-state index in [9.17, 15) is 0 Å². The molecule has 0 saturated carbocycles. The number of hydrogen-bond acceptors (Lipinski definition) is 3. The average Bonchev–Trinajstić information content (AvgIpc) is 2.28. The van der Waals surface area contributed by atoms with Crippen LogP contribution < -0.4 is 10.1 Å². The summed E-state index contributed by atoms with van der Waals surface area (Å²) in [5.74, 6) is 0.901. The summed E-state index contributed by atoms with van der Waals surface area (Å²) in [6, 6.07) is 8.60. The smallest absolute Gasteiger partial charge is 0.123 e. The van der Waals surface area contributed by atoms with Gasteiger partial charge in [0.25, 0.3) is 0 Å². The maximum atomic E-state index is 5.36. The minimum Gasteiger partial charge on any atom is -0.496 e. The molecule has 1 N–H and O–H groups in total. The summed E-state index contributed by atoms with van der Waals surface area (Å²) < 4.78 is 10.6. The van der Waals surface area contributed by atoms with Gasteiger partial charge in [-0.15, -0.1) is 0 Å². The zero-order valence-electron chi connectivity index (χ0n) is 10.5. The fourth-order valence-corrected chi connectivity index (χ4v) is 1.75. The van der Waals surface area contributed by atoms with E-state index in [4.69, 9.17) is 9.47 Å². The Labute approximate surface area is 97.8 Å². The van der Waals surface area contributed by atoms with E-state index < -0.39 is 0 Å². The quantitative estimate of drug-likeness (QED) is 0.803. The van der Waals surface area contributed by atoms with Crippen molar-refractivity contribution in [2.24, 2.45) is 0 Å². The third kappa shape index (κ3) is 3.51. The van der Waals surface area contributed by atoms with Crippen LogP contribution in [-0.4, -0.2) is 26.9 Å². The van der Waals surface area contributed by atoms with Crippen molar-refractivity contribution in [3.8, 4) is 5.75 Å². The molecule has 1 aromatic carbocycles. The molecule has 16 heavy (non-hydrogen) atoms. The molecule has 0 aliphatic carbocycles. The molecule has 1 atom stereocenters. The van der Waals surface area contributed by atoms with Crippen molar-refractivity contribution < 1.29 is 9.47 Å². The third-order valence-corrected chi connectivity index (χ3v) is 2.38. The molecular formula is C13H21NO2. The normalized spacial score (nSPS) is 12.8. The summed E-state index contributed by atoms with van der Waals surface area (Å²) in [4.78, 5) is 0. The molecule has 0 saturated heterocycles. The van der Waals surface area contributed by atoms with Crippen LogP contribution in [0.3, 0.4) is 0 Å². The topological polar surface area (TPSA) is 30.5 Å². The molecule has 1 aromatic rings. The van der Waals surface area contributed by atoms with Crippen LogP contribution in [0.25, 0.3) is 0 Å². The van der Waals surface area contributed by atoms with Crippen molar-refractivity contribution >= 4 is 0 Å². The highest BCUT2D eigenvalue weighted by Crippen LogP contribution is 2.25. The average molecular weight is 223 g/mol. The van der Waals surface area contributed by atoms with Gasteiger partial charge in [-0.25, -0.2) is 0 Å². The molecule has 0 aromatic heterocycles. The van der Waals surface area contributed by atoms with E-state index in [2.05, 4.69) is 25.2 Å². The molecule has 0 heterocycles. The molecule has 1 unspecified atom stereocenters. The van der Waals surface area contributed by atoms with Crippen LogP contribution in [0.4, 0.5) is 0 Å². The highest BCUT2D eigenvalue weighted by molar-refractivity contribution is 5.36. The van der Waals surface area contributed by atoms with Gasteiger partial charge in [0.05, 0.1) is 19.8 Å². The Morgan fingerprint density at radius 3 is 2.44 bits per heavy atom. The lowest BCUT2D eigenvalue weighted by Crippen LogP contribution is -2.31. The van der Waals surface area contributed by atoms with Crippen molar-refractivity contribution in [1.29, 1.82) is 0 Å². The molecule has 0 aliphatic heterocycles. The predicted octanol–water partition coefficient (Wildman–Crippen LogP) is 2.38. The molecule has 0 spiro atoms. The van der Waals surface area contributed by atoms with E-state index >= 15 is 0 Å². The standard InChI is InChI=1S/C13H21NO2/c1-10(2)14-12(9-15-3)11-7-5-6-8-13(11)16-4/h5-8,10,12,14H,9H2,1-4H3. The fraction of sp³-hybridized carbons (Fsp3) is 0.538. The summed E-state index contributed by atoms with van der Waals surface area (Å²) in [7, 11) is 3.41. The van der Waals surface area contributed by atoms with Gasteiger partial charge in [0.2, 0.25) is 0 Å². The molecular weight excluding hydrogens is 202 g/mol. The minimum atomic E-state index is 0.168. The number of benzene rings is 1. The maximum Gasteiger partial charge on any atom is 0.123 e. The van der Waals surface area contributed by atoms with Gasteiger partial charge >= 0.3 is 0 Å². The molecule has 3 heteroatoms. The summed E-state index contributed by atoms with van der Waals surface area (Å²) in [5.41, 5.74) is 1.14. The van der Waals surface area contributed by atoms with E-state index in [1.165, 1.54) is 0 Å². The molecule has 0 radical (unpaired) electrons. The number of hydrogen-bond donors (Lipinski definition) is 1. The Bertz CT molecular complexity index is 313. The highest BCUT2D eigenvalue weighted by atomic mass is 16.5. The predicted molar refractivity (Wildman–Crippen MR) is 65.9 cm³/mol. The van der Waals surface area contributed by atoms with Gasteiger partial charge in [0.15, 0.2) is 0 Å². The first-order valence-corrected chi connectivity index (χ1v) is 5.57. The summed E-state index contributed by atoms with van der Waals surface area (Å²) in [6.07, 6.45) is 0. The van der Waals surface area contributed by atoms with Gasteiger partial charge in [-0.05, 0) is 6.07 Å². The van der Waals surface area contributed by atoms with E-state index in [1.807, 2.05) is 18.2 Å². The fourth-order valence-electron chi connectivity index (χ4n) is 1.75. The summed E-state index contributed by atoms with van der Waals surface area (Å²) in [5, 5.41) is 3.47. The Kier molecular flexibility index (Phi) is 5.29. The molecule has 0 aliphatic rings. The second-order valence-corrected chi connectivity index (χ2v) is 4.07. The van der Waals surface area contributed by atoms with Crippen molar-refractivity contribution in [3.63, 3.8) is 0 Å². The lowest BCUT2D eigenvalue weighted by atomic mass is 10.1. The van der Waals surface area contributed by atoms with Crippen molar-refractivity contribution in [2.75, 3.05) is 20.8 Å². The third-order valence-electron chi connectivity index (χ3n) is 2.38.